The van der Waals surface area contributed by atoms with Gasteiger partial charge in [-0.1, -0.05) is 19.1 Å². The fraction of sp³-hybridized carbons (Fsp3) is 0.500. The Morgan fingerprint density at radius 1 is 1.36 bits per heavy atom. The largest absolute Gasteiger partial charge is 0.494 e. The van der Waals surface area contributed by atoms with Crippen molar-refractivity contribution in [2.75, 3.05) is 6.61 Å². The molecule has 0 saturated carbocycles. The van der Waals surface area contributed by atoms with E-state index in [1.165, 1.54) is 11.1 Å². The van der Waals surface area contributed by atoms with Gasteiger partial charge in [-0.3, -0.25) is 0 Å². The number of hydrogen-bond donors (Lipinski definition) is 1. The zero-order valence-corrected chi connectivity index (χ0v) is 9.21. The number of benzene rings is 1. The molecule has 0 spiro atoms. The smallest absolute Gasteiger partial charge is 0.122 e. The van der Waals surface area contributed by atoms with Crippen LogP contribution < -0.4 is 10.5 Å². The van der Waals surface area contributed by atoms with Crippen molar-refractivity contribution in [2.24, 2.45) is 5.73 Å². The van der Waals surface area contributed by atoms with E-state index < -0.39 is 0 Å². The minimum Gasteiger partial charge on any atom is -0.494 e. The van der Waals surface area contributed by atoms with Gasteiger partial charge in [-0.05, 0) is 37.5 Å². The van der Waals surface area contributed by atoms with Crippen molar-refractivity contribution in [3.8, 4) is 5.75 Å². The number of aryl methyl sites for hydroxylation is 1. The lowest BCUT2D eigenvalue weighted by Crippen LogP contribution is -2.06. The number of hydrogen-bond acceptors (Lipinski definition) is 2. The summed E-state index contributed by atoms with van der Waals surface area (Å²) in [5.41, 5.74) is 8.23. The quantitative estimate of drug-likeness (QED) is 0.798. The van der Waals surface area contributed by atoms with Crippen molar-refractivity contribution in [1.82, 2.24) is 0 Å². The molecule has 0 aliphatic heterocycles. The molecule has 0 saturated heterocycles. The molecule has 1 aromatic rings. The van der Waals surface area contributed by atoms with Gasteiger partial charge in [-0.2, -0.15) is 0 Å². The van der Waals surface area contributed by atoms with Crippen LogP contribution in [0, 0.1) is 0 Å². The standard InChI is InChI=1S/C12H19NO/c1-4-10-8-11(9(3)13)6-7-12(10)14-5-2/h6-9H,4-5,13H2,1-3H3. The van der Waals surface area contributed by atoms with Crippen LogP contribution >= 0.6 is 0 Å². The van der Waals surface area contributed by atoms with Gasteiger partial charge in [0.1, 0.15) is 5.75 Å². The fourth-order valence-electron chi connectivity index (χ4n) is 1.46. The Morgan fingerprint density at radius 3 is 2.57 bits per heavy atom. The van der Waals surface area contributed by atoms with Crippen molar-refractivity contribution in [2.45, 2.75) is 33.2 Å². The summed E-state index contributed by atoms with van der Waals surface area (Å²) < 4.78 is 5.52. The predicted molar refractivity (Wildman–Crippen MR) is 59.6 cm³/mol. The summed E-state index contributed by atoms with van der Waals surface area (Å²) in [4.78, 5) is 0. The molecule has 1 atom stereocenters. The van der Waals surface area contributed by atoms with Gasteiger partial charge in [0.15, 0.2) is 0 Å². The zero-order valence-electron chi connectivity index (χ0n) is 9.21. The third kappa shape index (κ3) is 2.48. The Labute approximate surface area is 86.1 Å². The molecule has 2 N–H and O–H groups in total. The summed E-state index contributed by atoms with van der Waals surface area (Å²) in [5, 5.41) is 0. The average molecular weight is 193 g/mol. The van der Waals surface area contributed by atoms with Crippen LogP contribution in [0.25, 0.3) is 0 Å². The maximum atomic E-state index is 5.82. The van der Waals surface area contributed by atoms with Crippen LogP contribution in [-0.4, -0.2) is 6.61 Å². The minimum atomic E-state index is 0.0935. The van der Waals surface area contributed by atoms with Crippen LogP contribution in [0.3, 0.4) is 0 Å². The highest BCUT2D eigenvalue weighted by molar-refractivity contribution is 5.38. The van der Waals surface area contributed by atoms with E-state index in [-0.39, 0.29) is 6.04 Å². The van der Waals surface area contributed by atoms with Crippen molar-refractivity contribution < 1.29 is 4.74 Å². The van der Waals surface area contributed by atoms with Crippen LogP contribution in [0.2, 0.25) is 0 Å². The molecular formula is C12H19NO. The first kappa shape index (κ1) is 11.1. The van der Waals surface area contributed by atoms with Crippen LogP contribution in [0.5, 0.6) is 5.75 Å². The monoisotopic (exact) mass is 193 g/mol. The lowest BCUT2D eigenvalue weighted by atomic mass is 10.0. The first-order chi connectivity index (χ1) is 6.69. The van der Waals surface area contributed by atoms with Crippen LogP contribution in [-0.2, 0) is 6.42 Å². The van der Waals surface area contributed by atoms with Gasteiger partial charge in [0.05, 0.1) is 6.61 Å². The summed E-state index contributed by atoms with van der Waals surface area (Å²) >= 11 is 0. The molecule has 0 heterocycles. The lowest BCUT2D eigenvalue weighted by Gasteiger charge is -2.12. The Bertz CT molecular complexity index is 294. The molecule has 1 aromatic carbocycles. The highest BCUT2D eigenvalue weighted by Gasteiger charge is 2.05. The molecule has 2 heteroatoms. The number of nitrogens with two attached hydrogens (primary N) is 1. The Morgan fingerprint density at radius 2 is 2.07 bits per heavy atom. The maximum Gasteiger partial charge on any atom is 0.122 e. The van der Waals surface area contributed by atoms with E-state index in [1.807, 2.05) is 26.0 Å². The lowest BCUT2D eigenvalue weighted by molar-refractivity contribution is 0.336. The molecule has 0 amide bonds. The van der Waals surface area contributed by atoms with Crippen LogP contribution in [0.1, 0.15) is 37.9 Å². The van der Waals surface area contributed by atoms with Crippen LogP contribution in [0.15, 0.2) is 18.2 Å². The van der Waals surface area contributed by atoms with E-state index in [2.05, 4.69) is 13.0 Å². The third-order valence-electron chi connectivity index (χ3n) is 2.29. The van der Waals surface area contributed by atoms with E-state index in [1.54, 1.807) is 0 Å². The molecule has 2 nitrogen and oxygen atoms in total. The van der Waals surface area contributed by atoms with E-state index in [9.17, 15) is 0 Å². The summed E-state index contributed by atoms with van der Waals surface area (Å²) in [7, 11) is 0. The summed E-state index contributed by atoms with van der Waals surface area (Å²) in [6.45, 7) is 6.83. The number of rotatable bonds is 4. The number of ether oxygens (including phenoxy) is 1. The first-order valence-corrected chi connectivity index (χ1v) is 5.20. The molecule has 0 fully saturated rings. The van der Waals surface area contributed by atoms with Gasteiger partial charge < -0.3 is 10.5 Å². The topological polar surface area (TPSA) is 35.2 Å². The summed E-state index contributed by atoms with van der Waals surface area (Å²) in [6.07, 6.45) is 0.982. The predicted octanol–water partition coefficient (Wildman–Crippen LogP) is 2.67. The van der Waals surface area contributed by atoms with Gasteiger partial charge in [-0.25, -0.2) is 0 Å². The van der Waals surface area contributed by atoms with Gasteiger partial charge in [-0.15, -0.1) is 0 Å². The minimum absolute atomic E-state index is 0.0935. The molecule has 1 unspecified atom stereocenters. The molecule has 0 aliphatic rings. The molecule has 14 heavy (non-hydrogen) atoms. The third-order valence-corrected chi connectivity index (χ3v) is 2.29. The van der Waals surface area contributed by atoms with Gasteiger partial charge in [0, 0.05) is 6.04 Å². The van der Waals surface area contributed by atoms with Crippen molar-refractivity contribution >= 4 is 0 Å². The molecule has 0 bridgehead atoms. The fourth-order valence-corrected chi connectivity index (χ4v) is 1.46. The van der Waals surface area contributed by atoms with E-state index in [0.29, 0.717) is 6.61 Å². The van der Waals surface area contributed by atoms with Gasteiger partial charge in [0.25, 0.3) is 0 Å². The second-order valence-corrected chi connectivity index (χ2v) is 3.44. The highest BCUT2D eigenvalue weighted by Crippen LogP contribution is 2.23. The highest BCUT2D eigenvalue weighted by atomic mass is 16.5. The Hall–Kier alpha value is -1.02. The SMILES string of the molecule is CCOc1ccc(C(C)N)cc1CC. The van der Waals surface area contributed by atoms with Gasteiger partial charge >= 0.3 is 0 Å². The first-order valence-electron chi connectivity index (χ1n) is 5.20. The average Bonchev–Trinajstić information content (AvgIpc) is 2.18. The molecule has 0 aromatic heterocycles. The van der Waals surface area contributed by atoms with E-state index in [0.717, 1.165) is 12.2 Å². The van der Waals surface area contributed by atoms with Crippen molar-refractivity contribution in [1.29, 1.82) is 0 Å². The normalized spacial score (nSPS) is 12.6. The Balaban J connectivity index is 2.98. The molecule has 78 valence electrons. The van der Waals surface area contributed by atoms with Crippen molar-refractivity contribution in [3.63, 3.8) is 0 Å². The second kappa shape index (κ2) is 5.01. The molecule has 0 radical (unpaired) electrons. The van der Waals surface area contributed by atoms with E-state index >= 15 is 0 Å². The van der Waals surface area contributed by atoms with E-state index in [4.69, 9.17) is 10.5 Å². The zero-order chi connectivity index (χ0) is 10.6. The summed E-state index contributed by atoms with van der Waals surface area (Å²) in [6, 6.07) is 6.28. The molecular weight excluding hydrogens is 174 g/mol. The van der Waals surface area contributed by atoms with Crippen LogP contribution in [0.4, 0.5) is 0 Å². The molecule has 0 aliphatic carbocycles. The summed E-state index contributed by atoms with van der Waals surface area (Å²) in [5.74, 6) is 0.986. The van der Waals surface area contributed by atoms with Crippen molar-refractivity contribution in [3.05, 3.63) is 29.3 Å². The second-order valence-electron chi connectivity index (χ2n) is 3.44. The molecule has 1 rings (SSSR count). The maximum absolute atomic E-state index is 5.82. The van der Waals surface area contributed by atoms with Gasteiger partial charge in [0.2, 0.25) is 0 Å². The Kier molecular flexibility index (Phi) is 3.96.